The van der Waals surface area contributed by atoms with Gasteiger partial charge in [0.25, 0.3) is 0 Å². The lowest BCUT2D eigenvalue weighted by Gasteiger charge is -2.31. The monoisotopic (exact) mass is 323 g/mol. The van der Waals surface area contributed by atoms with E-state index in [1.54, 1.807) is 0 Å². The molecule has 1 saturated carbocycles. The van der Waals surface area contributed by atoms with Crippen LogP contribution in [0.5, 0.6) is 0 Å². The van der Waals surface area contributed by atoms with E-state index in [1.807, 2.05) is 25.1 Å². The molecule has 1 aromatic carbocycles. The first kappa shape index (κ1) is 14.6. The first-order chi connectivity index (χ1) is 9.13. The Morgan fingerprint density at radius 1 is 1.37 bits per heavy atom. The molecule has 2 nitrogen and oxygen atoms in total. The molecule has 3 heteroatoms. The first-order valence-corrected chi connectivity index (χ1v) is 8.03. The number of hydrogen-bond donors (Lipinski definition) is 0. The Hall–Kier alpha value is -0.830. The van der Waals surface area contributed by atoms with Crippen LogP contribution >= 0.6 is 15.9 Å². The second-order valence-corrected chi connectivity index (χ2v) is 6.51. The van der Waals surface area contributed by atoms with E-state index in [-0.39, 0.29) is 10.7 Å². The minimum absolute atomic E-state index is 0.0580. The maximum absolute atomic E-state index is 12.5. The Balaban J connectivity index is 2.11. The Morgan fingerprint density at radius 3 is 2.53 bits per heavy atom. The minimum Gasteiger partial charge on any atom is -0.334 e. The molecule has 0 aliphatic heterocycles. The number of hydrogen-bond acceptors (Lipinski definition) is 1. The summed E-state index contributed by atoms with van der Waals surface area (Å²) in [6.45, 7) is 4.95. The number of carbonyl (C=O) groups excluding carboxylic acids is 1. The SMILES string of the molecule is CCC(Br)C(=O)N(Cc1ccccc1)C(C)C1CC1. The highest BCUT2D eigenvalue weighted by Crippen LogP contribution is 2.36. The van der Waals surface area contributed by atoms with Crippen molar-refractivity contribution in [3.05, 3.63) is 35.9 Å². The van der Waals surface area contributed by atoms with Crippen LogP contribution in [-0.4, -0.2) is 21.7 Å². The number of benzene rings is 1. The van der Waals surface area contributed by atoms with Gasteiger partial charge in [-0.3, -0.25) is 4.79 Å². The highest BCUT2D eigenvalue weighted by atomic mass is 79.9. The molecule has 0 radical (unpaired) electrons. The molecule has 0 aromatic heterocycles. The lowest BCUT2D eigenvalue weighted by atomic mass is 10.1. The maximum Gasteiger partial charge on any atom is 0.236 e. The van der Waals surface area contributed by atoms with Crippen molar-refractivity contribution in [1.82, 2.24) is 4.90 Å². The van der Waals surface area contributed by atoms with Crippen molar-refractivity contribution >= 4 is 21.8 Å². The Morgan fingerprint density at radius 2 is 2.00 bits per heavy atom. The van der Waals surface area contributed by atoms with Gasteiger partial charge >= 0.3 is 0 Å². The number of halogens is 1. The van der Waals surface area contributed by atoms with Crippen molar-refractivity contribution in [3.63, 3.8) is 0 Å². The highest BCUT2D eigenvalue weighted by molar-refractivity contribution is 9.10. The predicted molar refractivity (Wildman–Crippen MR) is 82.2 cm³/mol. The van der Waals surface area contributed by atoms with Crippen molar-refractivity contribution in [2.24, 2.45) is 5.92 Å². The summed E-state index contributed by atoms with van der Waals surface area (Å²) in [7, 11) is 0. The summed E-state index contributed by atoms with van der Waals surface area (Å²) in [5.41, 5.74) is 1.21. The molecule has 2 unspecified atom stereocenters. The molecule has 1 fully saturated rings. The number of nitrogens with zero attached hydrogens (tertiary/aromatic N) is 1. The molecule has 0 heterocycles. The summed E-state index contributed by atoms with van der Waals surface area (Å²) >= 11 is 3.50. The normalized spacial score (nSPS) is 17.8. The molecule has 104 valence electrons. The zero-order valence-corrected chi connectivity index (χ0v) is 13.3. The average Bonchev–Trinajstić information content (AvgIpc) is 3.28. The van der Waals surface area contributed by atoms with Gasteiger partial charge < -0.3 is 4.90 Å². The average molecular weight is 324 g/mol. The van der Waals surface area contributed by atoms with Crippen LogP contribution < -0.4 is 0 Å². The molecular weight excluding hydrogens is 302 g/mol. The van der Waals surface area contributed by atoms with E-state index in [2.05, 4.69) is 39.9 Å². The van der Waals surface area contributed by atoms with E-state index >= 15 is 0 Å². The van der Waals surface area contributed by atoms with Crippen LogP contribution in [0.2, 0.25) is 0 Å². The van der Waals surface area contributed by atoms with Gasteiger partial charge in [-0.2, -0.15) is 0 Å². The van der Waals surface area contributed by atoms with Crippen molar-refractivity contribution in [3.8, 4) is 0 Å². The number of carbonyl (C=O) groups is 1. The fraction of sp³-hybridized carbons (Fsp3) is 0.562. The van der Waals surface area contributed by atoms with Crippen LogP contribution in [0.4, 0.5) is 0 Å². The van der Waals surface area contributed by atoms with Gasteiger partial charge in [-0.1, -0.05) is 53.2 Å². The Kier molecular flexibility index (Phi) is 5.03. The predicted octanol–water partition coefficient (Wildman–Crippen LogP) is 3.99. The van der Waals surface area contributed by atoms with Crippen LogP contribution in [-0.2, 0) is 11.3 Å². The molecule has 1 aliphatic carbocycles. The molecular formula is C16H22BrNO. The lowest BCUT2D eigenvalue weighted by molar-refractivity contribution is -0.133. The largest absolute Gasteiger partial charge is 0.334 e. The standard InChI is InChI=1S/C16H22BrNO/c1-3-15(17)16(19)18(12(2)14-9-10-14)11-13-7-5-4-6-8-13/h4-8,12,14-15H,3,9-11H2,1-2H3. The van der Waals surface area contributed by atoms with Crippen LogP contribution in [0.1, 0.15) is 38.7 Å². The van der Waals surface area contributed by atoms with Crippen LogP contribution in [0.15, 0.2) is 30.3 Å². The topological polar surface area (TPSA) is 20.3 Å². The zero-order valence-electron chi connectivity index (χ0n) is 11.7. The third-order valence-electron chi connectivity index (χ3n) is 3.90. The van der Waals surface area contributed by atoms with E-state index in [0.29, 0.717) is 12.0 Å². The minimum atomic E-state index is -0.0580. The molecule has 2 rings (SSSR count). The quantitative estimate of drug-likeness (QED) is 0.725. The van der Waals surface area contributed by atoms with Gasteiger partial charge in [-0.15, -0.1) is 0 Å². The van der Waals surface area contributed by atoms with Crippen LogP contribution in [0.25, 0.3) is 0 Å². The van der Waals surface area contributed by atoms with E-state index in [0.717, 1.165) is 13.0 Å². The molecule has 19 heavy (non-hydrogen) atoms. The molecule has 1 aliphatic rings. The second kappa shape index (κ2) is 6.56. The van der Waals surface area contributed by atoms with Crippen molar-refractivity contribution in [2.75, 3.05) is 0 Å². The van der Waals surface area contributed by atoms with Gasteiger partial charge in [-0.05, 0) is 37.7 Å². The van der Waals surface area contributed by atoms with Crippen molar-refractivity contribution in [1.29, 1.82) is 0 Å². The van der Waals surface area contributed by atoms with Crippen molar-refractivity contribution in [2.45, 2.75) is 50.5 Å². The summed E-state index contributed by atoms with van der Waals surface area (Å²) in [5.74, 6) is 0.926. The first-order valence-electron chi connectivity index (χ1n) is 7.12. The number of rotatable bonds is 6. The van der Waals surface area contributed by atoms with E-state index < -0.39 is 0 Å². The van der Waals surface area contributed by atoms with Gasteiger partial charge in [0.05, 0.1) is 4.83 Å². The van der Waals surface area contributed by atoms with Gasteiger partial charge in [0.15, 0.2) is 0 Å². The zero-order chi connectivity index (χ0) is 13.8. The Labute approximate surface area is 124 Å². The van der Waals surface area contributed by atoms with E-state index in [9.17, 15) is 4.79 Å². The summed E-state index contributed by atoms with van der Waals surface area (Å²) in [5, 5.41) is 0. The molecule has 0 spiro atoms. The Bertz CT molecular complexity index is 416. The third-order valence-corrected chi connectivity index (χ3v) is 4.94. The molecule has 0 saturated heterocycles. The van der Waals surface area contributed by atoms with Gasteiger partial charge in [0.1, 0.15) is 0 Å². The highest BCUT2D eigenvalue weighted by Gasteiger charge is 2.35. The molecule has 0 N–H and O–H groups in total. The van der Waals surface area contributed by atoms with Crippen LogP contribution in [0, 0.1) is 5.92 Å². The van der Waals surface area contributed by atoms with Gasteiger partial charge in [-0.25, -0.2) is 0 Å². The smallest absolute Gasteiger partial charge is 0.236 e. The van der Waals surface area contributed by atoms with E-state index in [4.69, 9.17) is 0 Å². The number of amides is 1. The summed E-state index contributed by atoms with van der Waals surface area (Å²) in [4.78, 5) is 14.5. The number of alkyl halides is 1. The van der Waals surface area contributed by atoms with Crippen LogP contribution in [0.3, 0.4) is 0 Å². The molecule has 1 aromatic rings. The molecule has 0 bridgehead atoms. The second-order valence-electron chi connectivity index (χ2n) is 5.41. The lowest BCUT2D eigenvalue weighted by Crippen LogP contribution is -2.43. The molecule has 2 atom stereocenters. The van der Waals surface area contributed by atoms with E-state index in [1.165, 1.54) is 18.4 Å². The van der Waals surface area contributed by atoms with Gasteiger partial charge in [0, 0.05) is 12.6 Å². The third kappa shape index (κ3) is 3.82. The fourth-order valence-electron chi connectivity index (χ4n) is 2.39. The summed E-state index contributed by atoms with van der Waals surface area (Å²) in [6, 6.07) is 10.6. The summed E-state index contributed by atoms with van der Waals surface area (Å²) < 4.78 is 0. The summed E-state index contributed by atoms with van der Waals surface area (Å²) in [6.07, 6.45) is 3.36. The maximum atomic E-state index is 12.5. The molecule has 1 amide bonds. The van der Waals surface area contributed by atoms with Gasteiger partial charge in [0.2, 0.25) is 5.91 Å². The fourth-order valence-corrected chi connectivity index (χ4v) is 2.65. The van der Waals surface area contributed by atoms with Crippen molar-refractivity contribution < 1.29 is 4.79 Å².